The number of halogens is 1. The van der Waals surface area contributed by atoms with E-state index in [4.69, 9.17) is 4.42 Å². The summed E-state index contributed by atoms with van der Waals surface area (Å²) in [6, 6.07) is 4.51. The quantitative estimate of drug-likeness (QED) is 0.738. The molecule has 5 nitrogen and oxygen atoms in total. The van der Waals surface area contributed by atoms with Crippen molar-refractivity contribution in [3.63, 3.8) is 0 Å². The van der Waals surface area contributed by atoms with E-state index in [1.165, 1.54) is 23.9 Å². The molecule has 0 atom stereocenters. The maximum atomic E-state index is 13.1. The Kier molecular flexibility index (Phi) is 3.21. The third-order valence-corrected chi connectivity index (χ3v) is 3.67. The van der Waals surface area contributed by atoms with Crippen LogP contribution in [0.4, 0.5) is 4.39 Å². The van der Waals surface area contributed by atoms with Gasteiger partial charge in [0.1, 0.15) is 17.2 Å². The molecule has 0 radical (unpaired) electrons. The van der Waals surface area contributed by atoms with Gasteiger partial charge in [-0.2, -0.15) is 0 Å². The van der Waals surface area contributed by atoms with Crippen molar-refractivity contribution in [2.45, 2.75) is 37.2 Å². The van der Waals surface area contributed by atoms with Gasteiger partial charge >= 0.3 is 0 Å². The molecule has 2 heterocycles. The second-order valence-corrected chi connectivity index (χ2v) is 5.61. The Balaban J connectivity index is 1.97. The monoisotopic (exact) mass is 292 g/mol. The molecule has 0 saturated carbocycles. The summed E-state index contributed by atoms with van der Waals surface area (Å²) in [4.78, 5) is 4.25. The van der Waals surface area contributed by atoms with Crippen LogP contribution in [0.3, 0.4) is 0 Å². The zero-order chi connectivity index (χ0) is 14.3. The molecule has 0 bridgehead atoms. The minimum atomic E-state index is -0.330. The lowest BCUT2D eigenvalue weighted by Gasteiger charge is -2.10. The summed E-state index contributed by atoms with van der Waals surface area (Å²) in [5, 5.41) is 9.33. The fraction of sp³-hybridized carbons (Fsp3) is 0.308. The van der Waals surface area contributed by atoms with E-state index in [1.807, 2.05) is 11.5 Å². The maximum Gasteiger partial charge on any atom is 0.264 e. The number of aryl methyl sites for hydroxylation is 1. The van der Waals surface area contributed by atoms with Gasteiger partial charge in [0.05, 0.1) is 0 Å². The summed E-state index contributed by atoms with van der Waals surface area (Å²) < 4.78 is 20.7. The highest BCUT2D eigenvalue weighted by molar-refractivity contribution is 7.99. The number of nitrogens with zero attached hydrogens (tertiary/aromatic N) is 4. The fourth-order valence-corrected chi connectivity index (χ4v) is 2.97. The lowest BCUT2D eigenvalue weighted by Crippen LogP contribution is -2.04. The molecule has 1 aromatic carbocycles. The predicted octanol–water partition coefficient (Wildman–Crippen LogP) is 3.60. The average Bonchev–Trinajstić information content (AvgIpc) is 2.92. The first-order chi connectivity index (χ1) is 9.54. The van der Waals surface area contributed by atoms with Gasteiger partial charge in [-0.1, -0.05) is 0 Å². The molecule has 0 N–H and O–H groups in total. The van der Waals surface area contributed by atoms with Crippen molar-refractivity contribution in [3.8, 4) is 0 Å². The number of hydrogen-bond acceptors (Lipinski definition) is 5. The van der Waals surface area contributed by atoms with Crippen LogP contribution in [0.1, 0.15) is 25.7 Å². The lowest BCUT2D eigenvalue weighted by molar-refractivity contribution is 0.484. The molecule has 0 spiro atoms. The van der Waals surface area contributed by atoms with E-state index in [0.717, 1.165) is 5.82 Å². The van der Waals surface area contributed by atoms with E-state index in [0.29, 0.717) is 21.5 Å². The number of aromatic nitrogens is 4. The van der Waals surface area contributed by atoms with Crippen molar-refractivity contribution in [1.82, 2.24) is 19.7 Å². The summed E-state index contributed by atoms with van der Waals surface area (Å²) >= 11 is 1.28. The SMILES string of the molecule is Cc1nnc(Sc2nc3cc(F)ccc3o2)n1C(C)C. The molecule has 0 amide bonds. The number of oxazole rings is 1. The van der Waals surface area contributed by atoms with Gasteiger partial charge in [0.15, 0.2) is 5.58 Å². The smallest absolute Gasteiger partial charge is 0.264 e. The van der Waals surface area contributed by atoms with Crippen LogP contribution in [-0.2, 0) is 0 Å². The molecule has 0 aliphatic heterocycles. The van der Waals surface area contributed by atoms with Crippen LogP contribution in [0.2, 0.25) is 0 Å². The molecule has 3 rings (SSSR count). The van der Waals surface area contributed by atoms with Gasteiger partial charge in [0, 0.05) is 23.9 Å². The van der Waals surface area contributed by atoms with E-state index in [9.17, 15) is 4.39 Å². The van der Waals surface area contributed by atoms with Crippen molar-refractivity contribution in [2.24, 2.45) is 0 Å². The van der Waals surface area contributed by atoms with Crippen LogP contribution in [0.15, 0.2) is 33.0 Å². The van der Waals surface area contributed by atoms with Gasteiger partial charge in [-0.3, -0.25) is 0 Å². The predicted molar refractivity (Wildman–Crippen MR) is 73.2 cm³/mol. The Labute approximate surface area is 119 Å². The normalized spacial score (nSPS) is 11.7. The van der Waals surface area contributed by atoms with Crippen LogP contribution in [0.5, 0.6) is 0 Å². The molecule has 0 unspecified atom stereocenters. The first kappa shape index (κ1) is 13.1. The van der Waals surface area contributed by atoms with E-state index in [2.05, 4.69) is 29.0 Å². The Morgan fingerprint density at radius 3 is 2.85 bits per heavy atom. The Morgan fingerprint density at radius 2 is 2.10 bits per heavy atom. The highest BCUT2D eigenvalue weighted by atomic mass is 32.2. The molecular formula is C13H13FN4OS. The largest absolute Gasteiger partial charge is 0.431 e. The lowest BCUT2D eigenvalue weighted by atomic mass is 10.3. The van der Waals surface area contributed by atoms with Gasteiger partial charge in [-0.25, -0.2) is 9.37 Å². The minimum absolute atomic E-state index is 0.245. The van der Waals surface area contributed by atoms with E-state index in [1.54, 1.807) is 6.07 Å². The average molecular weight is 292 g/mol. The molecule has 104 valence electrons. The third-order valence-electron chi connectivity index (χ3n) is 2.86. The van der Waals surface area contributed by atoms with Crippen LogP contribution in [-0.4, -0.2) is 19.7 Å². The molecular weight excluding hydrogens is 279 g/mol. The van der Waals surface area contributed by atoms with E-state index in [-0.39, 0.29) is 11.9 Å². The van der Waals surface area contributed by atoms with E-state index < -0.39 is 0 Å². The molecule has 3 aromatic rings. The maximum absolute atomic E-state index is 13.1. The number of rotatable bonds is 3. The summed E-state index contributed by atoms with van der Waals surface area (Å²) in [5.41, 5.74) is 1.06. The number of hydrogen-bond donors (Lipinski definition) is 0. The first-order valence-electron chi connectivity index (χ1n) is 6.20. The Hall–Kier alpha value is -1.89. The molecule has 7 heteroatoms. The number of benzene rings is 1. The summed E-state index contributed by atoms with van der Waals surface area (Å²) in [6.45, 7) is 6.02. The fourth-order valence-electron chi connectivity index (χ4n) is 2.02. The molecule has 0 saturated heterocycles. The minimum Gasteiger partial charge on any atom is -0.431 e. The molecule has 20 heavy (non-hydrogen) atoms. The van der Waals surface area contributed by atoms with Crippen LogP contribution >= 0.6 is 11.8 Å². The molecule has 0 aliphatic rings. The standard InChI is InChI=1S/C13H13FN4OS/c1-7(2)18-8(3)16-17-12(18)20-13-15-10-6-9(14)4-5-11(10)19-13/h4-7H,1-3H3. The van der Waals surface area contributed by atoms with Crippen molar-refractivity contribution in [3.05, 3.63) is 29.8 Å². The Morgan fingerprint density at radius 1 is 1.30 bits per heavy atom. The second kappa shape index (κ2) is 4.90. The van der Waals surface area contributed by atoms with E-state index >= 15 is 0 Å². The second-order valence-electron chi connectivity index (χ2n) is 4.69. The highest BCUT2D eigenvalue weighted by Gasteiger charge is 2.16. The van der Waals surface area contributed by atoms with Gasteiger partial charge in [0.25, 0.3) is 5.22 Å². The zero-order valence-electron chi connectivity index (χ0n) is 11.3. The van der Waals surface area contributed by atoms with Crippen molar-refractivity contribution in [2.75, 3.05) is 0 Å². The summed E-state index contributed by atoms with van der Waals surface area (Å²) in [7, 11) is 0. The Bertz CT molecular complexity index is 765. The van der Waals surface area contributed by atoms with Crippen LogP contribution < -0.4 is 0 Å². The van der Waals surface area contributed by atoms with Gasteiger partial charge < -0.3 is 8.98 Å². The summed E-state index contributed by atoms with van der Waals surface area (Å²) in [5.74, 6) is 0.508. The van der Waals surface area contributed by atoms with Gasteiger partial charge in [-0.05, 0) is 32.9 Å². The van der Waals surface area contributed by atoms with Gasteiger partial charge in [0.2, 0.25) is 5.16 Å². The van der Waals surface area contributed by atoms with Crippen molar-refractivity contribution < 1.29 is 8.81 Å². The summed E-state index contributed by atoms with van der Waals surface area (Å²) in [6.07, 6.45) is 0. The zero-order valence-corrected chi connectivity index (χ0v) is 12.1. The van der Waals surface area contributed by atoms with Crippen molar-refractivity contribution >= 4 is 22.9 Å². The third kappa shape index (κ3) is 2.29. The topological polar surface area (TPSA) is 56.7 Å². The van der Waals surface area contributed by atoms with Crippen LogP contribution in [0.25, 0.3) is 11.1 Å². The van der Waals surface area contributed by atoms with Crippen LogP contribution in [0, 0.1) is 12.7 Å². The molecule has 2 aromatic heterocycles. The number of fused-ring (bicyclic) bond motifs is 1. The highest BCUT2D eigenvalue weighted by Crippen LogP contribution is 2.30. The first-order valence-corrected chi connectivity index (χ1v) is 7.01. The molecule has 0 aliphatic carbocycles. The van der Waals surface area contributed by atoms with Crippen molar-refractivity contribution in [1.29, 1.82) is 0 Å². The molecule has 0 fully saturated rings. The van der Waals surface area contributed by atoms with Gasteiger partial charge in [-0.15, -0.1) is 10.2 Å².